The molecule has 6 heteroatoms. The number of aromatic amines is 1. The van der Waals surface area contributed by atoms with Crippen LogP contribution < -0.4 is 10.2 Å². The Hall–Kier alpha value is -2.86. The van der Waals surface area contributed by atoms with Crippen LogP contribution in [-0.2, 0) is 0 Å². The molecule has 1 amide bonds. The van der Waals surface area contributed by atoms with E-state index in [1.165, 1.54) is 18.5 Å². The van der Waals surface area contributed by atoms with Gasteiger partial charge in [0, 0.05) is 49.0 Å². The van der Waals surface area contributed by atoms with Gasteiger partial charge in [0.05, 0.1) is 5.52 Å². The number of hydrogen-bond donors (Lipinski definition) is 2. The average molecular weight is 361 g/mol. The Morgan fingerprint density at radius 1 is 1.00 bits per heavy atom. The topological polar surface area (TPSA) is 64.3 Å². The van der Waals surface area contributed by atoms with E-state index < -0.39 is 0 Å². The van der Waals surface area contributed by atoms with Gasteiger partial charge in [-0.3, -0.25) is 14.8 Å². The Kier molecular flexibility index (Phi) is 4.05. The second-order valence-corrected chi connectivity index (χ2v) is 7.37. The summed E-state index contributed by atoms with van der Waals surface area (Å²) in [5.41, 5.74) is 3.29. The van der Waals surface area contributed by atoms with Crippen LogP contribution in [-0.4, -0.2) is 53.2 Å². The summed E-state index contributed by atoms with van der Waals surface area (Å²) in [6.07, 6.45) is 2.75. The summed E-state index contributed by atoms with van der Waals surface area (Å²) in [7, 11) is 0. The Labute approximate surface area is 158 Å². The number of anilines is 2. The number of carbonyl (C=O) groups excluding carboxylic acids is 1. The zero-order chi connectivity index (χ0) is 18.2. The summed E-state index contributed by atoms with van der Waals surface area (Å²) in [5, 5.41) is 10.8. The van der Waals surface area contributed by atoms with Gasteiger partial charge < -0.3 is 10.2 Å². The van der Waals surface area contributed by atoms with E-state index in [2.05, 4.69) is 37.4 Å². The van der Waals surface area contributed by atoms with Gasteiger partial charge in [-0.25, -0.2) is 0 Å². The number of benzene rings is 2. The predicted octanol–water partition coefficient (Wildman–Crippen LogP) is 3.10. The van der Waals surface area contributed by atoms with E-state index in [1.54, 1.807) is 0 Å². The number of fused-ring (bicyclic) bond motifs is 1. The van der Waals surface area contributed by atoms with Gasteiger partial charge in [0.1, 0.15) is 0 Å². The molecular weight excluding hydrogens is 338 g/mol. The minimum absolute atomic E-state index is 0.196. The zero-order valence-corrected chi connectivity index (χ0v) is 15.2. The van der Waals surface area contributed by atoms with Gasteiger partial charge in [0.2, 0.25) is 0 Å². The molecular formula is C21H23N5O. The molecule has 6 nitrogen and oxygen atoms in total. The first-order chi connectivity index (χ1) is 13.3. The predicted molar refractivity (Wildman–Crippen MR) is 107 cm³/mol. The number of nitrogens with one attached hydrogen (secondary N) is 2. The number of carbonyl (C=O) groups is 1. The van der Waals surface area contributed by atoms with Crippen molar-refractivity contribution in [2.24, 2.45) is 0 Å². The van der Waals surface area contributed by atoms with Crippen molar-refractivity contribution in [3.63, 3.8) is 0 Å². The maximum Gasteiger partial charge on any atom is 0.276 e. The summed E-state index contributed by atoms with van der Waals surface area (Å²) in [5.74, 6) is -0.196. The molecule has 1 aromatic heterocycles. The molecule has 1 aliphatic heterocycles. The van der Waals surface area contributed by atoms with Gasteiger partial charge in [-0.05, 0) is 43.2 Å². The third kappa shape index (κ3) is 3.28. The van der Waals surface area contributed by atoms with Crippen LogP contribution in [0.15, 0.2) is 48.5 Å². The van der Waals surface area contributed by atoms with Crippen molar-refractivity contribution < 1.29 is 4.79 Å². The molecule has 2 heterocycles. The van der Waals surface area contributed by atoms with Crippen molar-refractivity contribution in [3.05, 3.63) is 54.2 Å². The standard InChI is InChI=1S/C21H23N5O/c27-21(20-18-3-1-2-4-19(18)23-24-20)22-15-5-7-16(8-6-15)25-11-13-26(14-12-25)17-9-10-17/h1-8,17H,9-14H2,(H,22,27)(H,23,24). The average Bonchev–Trinajstić information content (AvgIpc) is 3.47. The molecule has 0 bridgehead atoms. The molecule has 3 aromatic rings. The minimum atomic E-state index is -0.196. The molecule has 1 saturated carbocycles. The number of piperazine rings is 1. The first kappa shape index (κ1) is 16.3. The maximum atomic E-state index is 12.6. The van der Waals surface area contributed by atoms with Gasteiger partial charge in [0.15, 0.2) is 5.69 Å². The highest BCUT2D eigenvalue weighted by Gasteiger charge is 2.31. The van der Waals surface area contributed by atoms with Crippen molar-refractivity contribution in [1.29, 1.82) is 0 Å². The number of hydrogen-bond acceptors (Lipinski definition) is 4. The summed E-state index contributed by atoms with van der Waals surface area (Å²) in [6, 6.07) is 16.6. The second kappa shape index (κ2) is 6.70. The monoisotopic (exact) mass is 361 g/mol. The summed E-state index contributed by atoms with van der Waals surface area (Å²) in [6.45, 7) is 4.44. The lowest BCUT2D eigenvalue weighted by molar-refractivity contribution is 0.102. The molecule has 2 N–H and O–H groups in total. The van der Waals surface area contributed by atoms with E-state index in [0.717, 1.165) is 48.8 Å². The summed E-state index contributed by atoms with van der Waals surface area (Å²) >= 11 is 0. The summed E-state index contributed by atoms with van der Waals surface area (Å²) < 4.78 is 0. The van der Waals surface area contributed by atoms with Crippen LogP contribution in [0, 0.1) is 0 Å². The number of amides is 1. The fourth-order valence-electron chi connectivity index (χ4n) is 3.87. The number of para-hydroxylation sites is 1. The molecule has 2 fully saturated rings. The normalized spacial score (nSPS) is 18.0. The fraction of sp³-hybridized carbons (Fsp3) is 0.333. The fourth-order valence-corrected chi connectivity index (χ4v) is 3.87. The van der Waals surface area contributed by atoms with Crippen LogP contribution >= 0.6 is 0 Å². The van der Waals surface area contributed by atoms with Gasteiger partial charge in [-0.1, -0.05) is 18.2 Å². The molecule has 2 aromatic carbocycles. The van der Waals surface area contributed by atoms with E-state index in [0.29, 0.717) is 5.69 Å². The van der Waals surface area contributed by atoms with E-state index in [9.17, 15) is 4.79 Å². The molecule has 27 heavy (non-hydrogen) atoms. The van der Waals surface area contributed by atoms with E-state index in [1.807, 2.05) is 36.4 Å². The SMILES string of the molecule is O=C(Nc1ccc(N2CCN(C3CC3)CC2)cc1)c1n[nH]c2ccccc12. The molecule has 138 valence electrons. The van der Waals surface area contributed by atoms with Crippen molar-refractivity contribution in [2.75, 3.05) is 36.4 Å². The quantitative estimate of drug-likeness (QED) is 0.749. The third-order valence-electron chi connectivity index (χ3n) is 5.55. The second-order valence-electron chi connectivity index (χ2n) is 7.37. The van der Waals surface area contributed by atoms with Gasteiger partial charge in [0.25, 0.3) is 5.91 Å². The van der Waals surface area contributed by atoms with Gasteiger partial charge in [-0.2, -0.15) is 5.10 Å². The maximum absolute atomic E-state index is 12.6. The van der Waals surface area contributed by atoms with Gasteiger partial charge in [-0.15, -0.1) is 0 Å². The highest BCUT2D eigenvalue weighted by Crippen LogP contribution is 2.29. The number of aromatic nitrogens is 2. The van der Waals surface area contributed by atoms with E-state index >= 15 is 0 Å². The van der Waals surface area contributed by atoms with Crippen LogP contribution in [0.5, 0.6) is 0 Å². The van der Waals surface area contributed by atoms with Crippen LogP contribution in [0.25, 0.3) is 10.9 Å². The van der Waals surface area contributed by atoms with Crippen LogP contribution in [0.4, 0.5) is 11.4 Å². The molecule has 2 aliphatic rings. The number of H-pyrrole nitrogens is 1. The molecule has 0 radical (unpaired) electrons. The Morgan fingerprint density at radius 2 is 1.74 bits per heavy atom. The zero-order valence-electron chi connectivity index (χ0n) is 15.2. The molecule has 0 atom stereocenters. The highest BCUT2D eigenvalue weighted by atomic mass is 16.1. The van der Waals surface area contributed by atoms with Crippen LogP contribution in [0.1, 0.15) is 23.3 Å². The summed E-state index contributed by atoms with van der Waals surface area (Å²) in [4.78, 5) is 17.6. The lowest BCUT2D eigenvalue weighted by Crippen LogP contribution is -2.47. The number of rotatable bonds is 4. The van der Waals surface area contributed by atoms with E-state index in [-0.39, 0.29) is 5.91 Å². The highest BCUT2D eigenvalue weighted by molar-refractivity contribution is 6.11. The Morgan fingerprint density at radius 3 is 2.48 bits per heavy atom. The molecule has 0 unspecified atom stereocenters. The largest absolute Gasteiger partial charge is 0.369 e. The lowest BCUT2D eigenvalue weighted by Gasteiger charge is -2.36. The Balaban J connectivity index is 1.24. The van der Waals surface area contributed by atoms with Crippen molar-refractivity contribution in [3.8, 4) is 0 Å². The van der Waals surface area contributed by atoms with Crippen molar-refractivity contribution in [1.82, 2.24) is 15.1 Å². The molecule has 0 spiro atoms. The minimum Gasteiger partial charge on any atom is -0.369 e. The smallest absolute Gasteiger partial charge is 0.276 e. The lowest BCUT2D eigenvalue weighted by atomic mass is 10.2. The van der Waals surface area contributed by atoms with Crippen LogP contribution in [0.3, 0.4) is 0 Å². The first-order valence-corrected chi connectivity index (χ1v) is 9.61. The Bertz CT molecular complexity index is 952. The van der Waals surface area contributed by atoms with Crippen LogP contribution in [0.2, 0.25) is 0 Å². The molecule has 1 aliphatic carbocycles. The molecule has 5 rings (SSSR count). The van der Waals surface area contributed by atoms with Gasteiger partial charge >= 0.3 is 0 Å². The number of nitrogens with zero attached hydrogens (tertiary/aromatic N) is 3. The molecule has 1 saturated heterocycles. The van der Waals surface area contributed by atoms with Crippen molar-refractivity contribution in [2.45, 2.75) is 18.9 Å². The van der Waals surface area contributed by atoms with E-state index in [4.69, 9.17) is 0 Å². The van der Waals surface area contributed by atoms with Crippen molar-refractivity contribution >= 4 is 28.2 Å². The first-order valence-electron chi connectivity index (χ1n) is 9.61. The third-order valence-corrected chi connectivity index (χ3v) is 5.55.